The van der Waals surface area contributed by atoms with Gasteiger partial charge in [-0.3, -0.25) is 0 Å². The topological polar surface area (TPSA) is 12.0 Å². The average molecular weight is 290 g/mol. The molecule has 0 amide bonds. The molecule has 20 heavy (non-hydrogen) atoms. The SMILES string of the molecule is Cc1c(F)cccc1NC(c1ccc(Cl)cc1)C1CC1. The summed E-state index contributed by atoms with van der Waals surface area (Å²) in [5.41, 5.74) is 2.75. The zero-order valence-corrected chi connectivity index (χ0v) is 12.1. The van der Waals surface area contributed by atoms with E-state index in [2.05, 4.69) is 5.32 Å². The fourth-order valence-corrected chi connectivity index (χ4v) is 2.63. The molecule has 2 aromatic carbocycles. The minimum Gasteiger partial charge on any atom is -0.378 e. The van der Waals surface area contributed by atoms with Crippen molar-refractivity contribution < 1.29 is 4.39 Å². The van der Waals surface area contributed by atoms with Crippen LogP contribution in [0.3, 0.4) is 0 Å². The molecule has 1 nitrogen and oxygen atoms in total. The summed E-state index contributed by atoms with van der Waals surface area (Å²) < 4.78 is 13.6. The monoisotopic (exact) mass is 289 g/mol. The van der Waals surface area contributed by atoms with E-state index in [9.17, 15) is 4.39 Å². The van der Waals surface area contributed by atoms with Gasteiger partial charge in [0, 0.05) is 16.3 Å². The highest BCUT2D eigenvalue weighted by molar-refractivity contribution is 6.30. The molecule has 1 unspecified atom stereocenters. The van der Waals surface area contributed by atoms with E-state index >= 15 is 0 Å². The van der Waals surface area contributed by atoms with E-state index in [1.54, 1.807) is 6.07 Å². The average Bonchev–Trinajstić information content (AvgIpc) is 3.26. The van der Waals surface area contributed by atoms with Crippen molar-refractivity contribution in [3.63, 3.8) is 0 Å². The van der Waals surface area contributed by atoms with E-state index in [0.717, 1.165) is 10.7 Å². The summed E-state index contributed by atoms with van der Waals surface area (Å²) in [7, 11) is 0. The van der Waals surface area contributed by atoms with Crippen molar-refractivity contribution in [3.8, 4) is 0 Å². The zero-order chi connectivity index (χ0) is 14.1. The lowest BCUT2D eigenvalue weighted by Crippen LogP contribution is -2.14. The molecule has 1 N–H and O–H groups in total. The van der Waals surface area contributed by atoms with Crippen LogP contribution in [0, 0.1) is 18.7 Å². The molecule has 1 atom stereocenters. The van der Waals surface area contributed by atoms with Crippen LogP contribution in [0.1, 0.15) is 30.0 Å². The number of halogens is 2. The number of benzene rings is 2. The third kappa shape index (κ3) is 2.80. The minimum absolute atomic E-state index is 0.166. The van der Waals surface area contributed by atoms with Gasteiger partial charge in [-0.25, -0.2) is 4.39 Å². The molecule has 3 rings (SSSR count). The first-order valence-corrected chi connectivity index (χ1v) is 7.30. The van der Waals surface area contributed by atoms with Crippen molar-refractivity contribution in [1.29, 1.82) is 0 Å². The molecule has 0 spiro atoms. The molecule has 104 valence electrons. The number of hydrogen-bond acceptors (Lipinski definition) is 1. The second kappa shape index (κ2) is 5.45. The Labute approximate surface area is 123 Å². The van der Waals surface area contributed by atoms with Crippen LogP contribution in [0.2, 0.25) is 5.02 Å². The summed E-state index contributed by atoms with van der Waals surface area (Å²) in [5, 5.41) is 4.24. The summed E-state index contributed by atoms with van der Waals surface area (Å²) in [6.07, 6.45) is 2.43. The third-order valence-corrected chi connectivity index (χ3v) is 4.15. The van der Waals surface area contributed by atoms with Crippen LogP contribution in [0.5, 0.6) is 0 Å². The van der Waals surface area contributed by atoms with E-state index in [4.69, 9.17) is 11.6 Å². The van der Waals surface area contributed by atoms with Crippen LogP contribution < -0.4 is 5.32 Å². The van der Waals surface area contributed by atoms with Crippen LogP contribution in [0.4, 0.5) is 10.1 Å². The summed E-state index contributed by atoms with van der Waals surface area (Å²) in [5.74, 6) is 0.458. The van der Waals surface area contributed by atoms with Gasteiger partial charge >= 0.3 is 0 Å². The van der Waals surface area contributed by atoms with Gasteiger partial charge in [0.05, 0.1) is 6.04 Å². The van der Waals surface area contributed by atoms with Gasteiger partial charge in [0.25, 0.3) is 0 Å². The van der Waals surface area contributed by atoms with E-state index in [1.807, 2.05) is 37.3 Å². The van der Waals surface area contributed by atoms with E-state index in [1.165, 1.54) is 24.5 Å². The van der Waals surface area contributed by atoms with Gasteiger partial charge < -0.3 is 5.32 Å². The molecule has 1 fully saturated rings. The molecule has 0 aromatic heterocycles. The van der Waals surface area contributed by atoms with Gasteiger partial charge in [-0.1, -0.05) is 29.8 Å². The van der Waals surface area contributed by atoms with Crippen molar-refractivity contribution in [3.05, 3.63) is 64.4 Å². The van der Waals surface area contributed by atoms with Crippen molar-refractivity contribution in [2.75, 3.05) is 5.32 Å². The number of hydrogen-bond donors (Lipinski definition) is 1. The Morgan fingerprint density at radius 2 is 1.85 bits per heavy atom. The van der Waals surface area contributed by atoms with Crippen LogP contribution in [0.15, 0.2) is 42.5 Å². The van der Waals surface area contributed by atoms with E-state index in [-0.39, 0.29) is 11.9 Å². The Hall–Kier alpha value is -1.54. The van der Waals surface area contributed by atoms with Gasteiger partial charge in [-0.05, 0) is 55.5 Å². The van der Waals surface area contributed by atoms with Crippen LogP contribution in [-0.2, 0) is 0 Å². The Balaban J connectivity index is 1.88. The molecule has 1 aliphatic rings. The van der Waals surface area contributed by atoms with Crippen molar-refractivity contribution in [2.45, 2.75) is 25.8 Å². The summed E-state index contributed by atoms with van der Waals surface area (Å²) in [6, 6.07) is 13.3. The Bertz CT molecular complexity index is 605. The Morgan fingerprint density at radius 3 is 2.50 bits per heavy atom. The normalized spacial score (nSPS) is 15.9. The Morgan fingerprint density at radius 1 is 1.15 bits per heavy atom. The van der Waals surface area contributed by atoms with Gasteiger partial charge in [0.15, 0.2) is 0 Å². The molecule has 0 aliphatic heterocycles. The molecule has 1 aliphatic carbocycles. The smallest absolute Gasteiger partial charge is 0.128 e. The predicted octanol–water partition coefficient (Wildman–Crippen LogP) is 5.35. The minimum atomic E-state index is -0.166. The maximum atomic E-state index is 13.6. The van der Waals surface area contributed by atoms with Gasteiger partial charge in [0.2, 0.25) is 0 Å². The summed E-state index contributed by atoms with van der Waals surface area (Å²) >= 11 is 5.95. The summed E-state index contributed by atoms with van der Waals surface area (Å²) in [4.78, 5) is 0. The lowest BCUT2D eigenvalue weighted by atomic mass is 10.0. The maximum absolute atomic E-state index is 13.6. The predicted molar refractivity (Wildman–Crippen MR) is 81.7 cm³/mol. The molecule has 0 heterocycles. The van der Waals surface area contributed by atoms with Crippen LogP contribution >= 0.6 is 11.6 Å². The highest BCUT2D eigenvalue weighted by atomic mass is 35.5. The largest absolute Gasteiger partial charge is 0.378 e. The van der Waals surface area contributed by atoms with Crippen LogP contribution in [-0.4, -0.2) is 0 Å². The highest BCUT2D eigenvalue weighted by Crippen LogP contribution is 2.43. The first kappa shape index (κ1) is 13.4. The number of anilines is 1. The first-order chi connectivity index (χ1) is 9.65. The molecule has 1 saturated carbocycles. The van der Waals surface area contributed by atoms with E-state index in [0.29, 0.717) is 11.5 Å². The molecule has 2 aromatic rings. The number of rotatable bonds is 4. The van der Waals surface area contributed by atoms with Crippen molar-refractivity contribution in [2.24, 2.45) is 5.92 Å². The third-order valence-electron chi connectivity index (χ3n) is 3.90. The summed E-state index contributed by atoms with van der Waals surface area (Å²) in [6.45, 7) is 1.81. The lowest BCUT2D eigenvalue weighted by molar-refractivity contribution is 0.616. The highest BCUT2D eigenvalue weighted by Gasteiger charge is 2.32. The quantitative estimate of drug-likeness (QED) is 0.800. The van der Waals surface area contributed by atoms with E-state index < -0.39 is 0 Å². The van der Waals surface area contributed by atoms with Gasteiger partial charge in [0.1, 0.15) is 5.82 Å². The van der Waals surface area contributed by atoms with Crippen LogP contribution in [0.25, 0.3) is 0 Å². The van der Waals surface area contributed by atoms with Gasteiger partial charge in [-0.2, -0.15) is 0 Å². The first-order valence-electron chi connectivity index (χ1n) is 6.92. The fourth-order valence-electron chi connectivity index (χ4n) is 2.50. The second-order valence-electron chi connectivity index (χ2n) is 5.42. The standard InChI is InChI=1S/C17H17ClFN/c1-11-15(19)3-2-4-16(11)20-17(12-5-6-12)13-7-9-14(18)10-8-13/h2-4,7-10,12,17,20H,5-6H2,1H3. The number of nitrogens with one attached hydrogen (secondary N) is 1. The second-order valence-corrected chi connectivity index (χ2v) is 5.86. The zero-order valence-electron chi connectivity index (χ0n) is 11.4. The molecule has 0 saturated heterocycles. The van der Waals surface area contributed by atoms with Crippen molar-refractivity contribution >= 4 is 17.3 Å². The fraction of sp³-hybridized carbons (Fsp3) is 0.294. The maximum Gasteiger partial charge on any atom is 0.128 e. The molecular weight excluding hydrogens is 273 g/mol. The molecule has 0 radical (unpaired) electrons. The molecule has 0 bridgehead atoms. The molecular formula is C17H17ClFN. The lowest BCUT2D eigenvalue weighted by Gasteiger charge is -2.21. The van der Waals surface area contributed by atoms with Crippen molar-refractivity contribution in [1.82, 2.24) is 0 Å². The molecule has 3 heteroatoms. The Kier molecular flexibility index (Phi) is 3.66. The van der Waals surface area contributed by atoms with Gasteiger partial charge in [-0.15, -0.1) is 0 Å².